The van der Waals surface area contributed by atoms with Crippen LogP contribution in [0.3, 0.4) is 0 Å². The van der Waals surface area contributed by atoms with Gasteiger partial charge < -0.3 is 15.2 Å². The summed E-state index contributed by atoms with van der Waals surface area (Å²) in [7, 11) is 1.62. The summed E-state index contributed by atoms with van der Waals surface area (Å²) >= 11 is 1.37. The van der Waals surface area contributed by atoms with Gasteiger partial charge in [-0.2, -0.15) is 0 Å². The fraction of sp³-hybridized carbons (Fsp3) is 0.100. The van der Waals surface area contributed by atoms with Gasteiger partial charge in [-0.05, 0) is 29.8 Å². The number of hydrogen-bond donors (Lipinski definition) is 1. The number of nitrogen functional groups attached to an aromatic ring is 1. The second kappa shape index (κ2) is 5.92. The molecule has 134 valence electrons. The molecule has 27 heavy (non-hydrogen) atoms. The highest BCUT2D eigenvalue weighted by molar-refractivity contribution is 7.19. The Labute approximate surface area is 158 Å². The number of hydrogen-bond acceptors (Lipinski definition) is 6. The van der Waals surface area contributed by atoms with Gasteiger partial charge in [0.15, 0.2) is 5.75 Å². The molecule has 0 fully saturated rings. The summed E-state index contributed by atoms with van der Waals surface area (Å²) in [4.78, 5) is 9.29. The highest BCUT2D eigenvalue weighted by atomic mass is 32.1. The van der Waals surface area contributed by atoms with Crippen molar-refractivity contribution in [1.82, 2.24) is 9.97 Å². The van der Waals surface area contributed by atoms with Crippen molar-refractivity contribution >= 4 is 27.2 Å². The van der Waals surface area contributed by atoms with Gasteiger partial charge in [0.2, 0.25) is 5.88 Å². The van der Waals surface area contributed by atoms with Crippen molar-refractivity contribution in [3.63, 3.8) is 0 Å². The molecule has 0 aliphatic carbocycles. The fourth-order valence-electron chi connectivity index (χ4n) is 3.46. The zero-order chi connectivity index (χ0) is 18.5. The molecule has 1 unspecified atom stereocenters. The van der Waals surface area contributed by atoms with E-state index < -0.39 is 0 Å². The molecule has 5 rings (SSSR count). The highest BCUT2D eigenvalue weighted by Gasteiger charge is 2.35. The molecule has 0 spiro atoms. The van der Waals surface area contributed by atoms with Gasteiger partial charge >= 0.3 is 0 Å². The molecule has 3 heterocycles. The average Bonchev–Trinajstić information content (AvgIpc) is 3.06. The van der Waals surface area contributed by atoms with E-state index in [2.05, 4.69) is 9.97 Å². The first-order valence-electron chi connectivity index (χ1n) is 8.30. The first kappa shape index (κ1) is 16.0. The topological polar surface area (TPSA) is 70.3 Å². The molecule has 0 saturated carbocycles. The van der Waals surface area contributed by atoms with Crippen molar-refractivity contribution in [2.24, 2.45) is 0 Å². The highest BCUT2D eigenvalue weighted by Crippen LogP contribution is 2.54. The van der Waals surface area contributed by atoms with E-state index in [0.717, 1.165) is 21.6 Å². The molecule has 2 aromatic heterocycles. The van der Waals surface area contributed by atoms with Gasteiger partial charge in [0, 0.05) is 5.39 Å². The van der Waals surface area contributed by atoms with Crippen LogP contribution in [0.1, 0.15) is 21.9 Å². The van der Waals surface area contributed by atoms with E-state index in [1.807, 2.05) is 30.3 Å². The number of benzene rings is 2. The first-order valence-corrected chi connectivity index (χ1v) is 9.12. The normalized spacial score (nSPS) is 15.1. The maximum Gasteiger partial charge on any atom is 0.228 e. The number of halogens is 1. The van der Waals surface area contributed by atoms with Crippen LogP contribution in [0.5, 0.6) is 17.4 Å². The number of nitrogens with two attached hydrogens (primary N) is 1. The lowest BCUT2D eigenvalue weighted by Gasteiger charge is -2.26. The molecule has 0 saturated heterocycles. The predicted octanol–water partition coefficient (Wildman–Crippen LogP) is 4.71. The largest absolute Gasteiger partial charge is 0.497 e. The number of rotatable bonds is 2. The molecule has 2 N–H and O–H groups in total. The van der Waals surface area contributed by atoms with E-state index >= 15 is 0 Å². The van der Waals surface area contributed by atoms with Crippen molar-refractivity contribution in [2.75, 3.05) is 12.8 Å². The third-order valence-electron chi connectivity index (χ3n) is 4.72. The van der Waals surface area contributed by atoms with Crippen LogP contribution in [-0.4, -0.2) is 17.1 Å². The Balaban J connectivity index is 1.81. The fourth-order valence-corrected chi connectivity index (χ4v) is 4.73. The second-order valence-corrected chi connectivity index (χ2v) is 7.25. The van der Waals surface area contributed by atoms with Crippen LogP contribution in [0.25, 0.3) is 10.1 Å². The van der Waals surface area contributed by atoms with Crippen LogP contribution in [0.4, 0.5) is 10.2 Å². The minimum absolute atomic E-state index is 0.243. The van der Waals surface area contributed by atoms with Crippen LogP contribution in [0, 0.1) is 5.82 Å². The van der Waals surface area contributed by atoms with E-state index in [1.54, 1.807) is 13.2 Å². The third kappa shape index (κ3) is 2.35. The van der Waals surface area contributed by atoms with E-state index in [0.29, 0.717) is 27.7 Å². The zero-order valence-electron chi connectivity index (χ0n) is 14.3. The number of nitrogens with zero attached hydrogens (tertiary/aromatic N) is 2. The van der Waals surface area contributed by atoms with E-state index in [-0.39, 0.29) is 11.7 Å². The van der Waals surface area contributed by atoms with Crippen LogP contribution in [0.2, 0.25) is 0 Å². The number of methoxy groups -OCH3 is 1. The molecular formula is C20H14FN3O2S. The smallest absolute Gasteiger partial charge is 0.228 e. The SMILES string of the molecule is COc1ccc(C2c3sc4c(F)cccc4c3Oc3ncnc(N)c32)cc1. The van der Waals surface area contributed by atoms with Gasteiger partial charge in [-0.25, -0.2) is 14.4 Å². The second-order valence-electron chi connectivity index (χ2n) is 6.20. The molecule has 1 aliphatic heterocycles. The lowest BCUT2D eigenvalue weighted by atomic mass is 9.88. The summed E-state index contributed by atoms with van der Waals surface area (Å²) < 4.78 is 26.3. The summed E-state index contributed by atoms with van der Waals surface area (Å²) in [6.45, 7) is 0. The minimum Gasteiger partial charge on any atom is -0.497 e. The minimum atomic E-state index is -0.271. The number of thiophene rings is 1. The number of aromatic nitrogens is 2. The summed E-state index contributed by atoms with van der Waals surface area (Å²) in [6, 6.07) is 12.7. The number of ether oxygens (including phenoxy) is 2. The molecule has 1 atom stereocenters. The van der Waals surface area contributed by atoms with Crippen molar-refractivity contribution in [2.45, 2.75) is 5.92 Å². The van der Waals surface area contributed by atoms with E-state index in [9.17, 15) is 4.39 Å². The van der Waals surface area contributed by atoms with Gasteiger partial charge in [0.1, 0.15) is 23.7 Å². The summed E-state index contributed by atoms with van der Waals surface area (Å²) in [5.74, 6) is 1.62. The Morgan fingerprint density at radius 3 is 2.74 bits per heavy atom. The maximum absolute atomic E-state index is 14.4. The van der Waals surface area contributed by atoms with Crippen LogP contribution in [0.15, 0.2) is 48.8 Å². The number of anilines is 1. The quantitative estimate of drug-likeness (QED) is 0.481. The van der Waals surface area contributed by atoms with Crippen LogP contribution < -0.4 is 15.2 Å². The first-order chi connectivity index (χ1) is 13.2. The standard InChI is InChI=1S/C20H14FN3O2S/c1-25-11-7-5-10(6-8-11)14-15-19(22)23-9-24-20(15)26-16-12-3-2-4-13(21)17(12)27-18(14)16/h2-9,14H,1H3,(H2,22,23,24). The van der Waals surface area contributed by atoms with Gasteiger partial charge in [0.05, 0.1) is 28.2 Å². The summed E-state index contributed by atoms with van der Waals surface area (Å²) in [6.07, 6.45) is 1.37. The molecule has 4 aromatic rings. The third-order valence-corrected chi connectivity index (χ3v) is 5.98. The lowest BCUT2D eigenvalue weighted by molar-refractivity contribution is 0.414. The van der Waals surface area contributed by atoms with Crippen molar-refractivity contribution < 1.29 is 13.9 Å². The van der Waals surface area contributed by atoms with Gasteiger partial charge in [-0.1, -0.05) is 18.2 Å². The van der Waals surface area contributed by atoms with Crippen LogP contribution in [-0.2, 0) is 0 Å². The molecule has 1 aliphatic rings. The summed E-state index contributed by atoms with van der Waals surface area (Å²) in [5, 5.41) is 0.733. The Hall–Kier alpha value is -3.19. The molecule has 0 bridgehead atoms. The molecule has 0 radical (unpaired) electrons. The molecule has 5 nitrogen and oxygen atoms in total. The Morgan fingerprint density at radius 1 is 1.15 bits per heavy atom. The monoisotopic (exact) mass is 379 g/mol. The Bertz CT molecular complexity index is 1170. The van der Waals surface area contributed by atoms with Crippen molar-refractivity contribution in [3.05, 3.63) is 70.6 Å². The predicted molar refractivity (Wildman–Crippen MR) is 102 cm³/mol. The van der Waals surface area contributed by atoms with Crippen LogP contribution >= 0.6 is 11.3 Å². The number of fused-ring (bicyclic) bond motifs is 4. The molecule has 2 aromatic carbocycles. The molecule has 7 heteroatoms. The van der Waals surface area contributed by atoms with Gasteiger partial charge in [-0.3, -0.25) is 0 Å². The zero-order valence-corrected chi connectivity index (χ0v) is 15.1. The van der Waals surface area contributed by atoms with E-state index in [1.165, 1.54) is 23.7 Å². The Morgan fingerprint density at radius 2 is 1.96 bits per heavy atom. The van der Waals surface area contributed by atoms with Crippen molar-refractivity contribution in [3.8, 4) is 17.4 Å². The van der Waals surface area contributed by atoms with Gasteiger partial charge in [-0.15, -0.1) is 11.3 Å². The summed E-state index contributed by atoms with van der Waals surface area (Å²) in [5.41, 5.74) is 7.86. The molecular weight excluding hydrogens is 365 g/mol. The molecule has 0 amide bonds. The van der Waals surface area contributed by atoms with E-state index in [4.69, 9.17) is 15.2 Å². The lowest BCUT2D eigenvalue weighted by Crippen LogP contribution is -2.14. The average molecular weight is 379 g/mol. The Kier molecular flexibility index (Phi) is 3.51. The maximum atomic E-state index is 14.4. The van der Waals surface area contributed by atoms with Crippen molar-refractivity contribution in [1.29, 1.82) is 0 Å². The van der Waals surface area contributed by atoms with Gasteiger partial charge in [0.25, 0.3) is 0 Å².